The van der Waals surface area contributed by atoms with Crippen LogP contribution in [0.2, 0.25) is 0 Å². The maximum absolute atomic E-state index is 2.61. The average Bonchev–Trinajstić information content (AvgIpc) is 2.75. The molecule has 0 saturated heterocycles. The molecule has 0 heteroatoms. The van der Waals surface area contributed by atoms with Gasteiger partial charge in [-0.05, 0) is 18.8 Å². The lowest BCUT2D eigenvalue weighted by molar-refractivity contribution is 0.552. The zero-order valence-electron chi connectivity index (χ0n) is 10.6. The maximum Gasteiger partial charge on any atom is -0.0355 e. The Labute approximate surface area is 96.8 Å². The van der Waals surface area contributed by atoms with Gasteiger partial charge < -0.3 is 0 Å². The number of hydrogen-bond donors (Lipinski definition) is 0. The van der Waals surface area contributed by atoms with E-state index in [9.17, 15) is 0 Å². The third kappa shape index (κ3) is 6.98. The lowest BCUT2D eigenvalue weighted by atomic mass is 9.99. The molecule has 0 N–H and O–H groups in total. The summed E-state index contributed by atoms with van der Waals surface area (Å²) in [4.78, 5) is 0. The van der Waals surface area contributed by atoms with Gasteiger partial charge in [-0.2, -0.15) is 0 Å². The van der Waals surface area contributed by atoms with E-state index >= 15 is 0 Å². The molecule has 0 aromatic carbocycles. The van der Waals surface area contributed by atoms with Crippen LogP contribution in [0.5, 0.6) is 0 Å². The molecule has 15 heavy (non-hydrogen) atoms. The van der Waals surface area contributed by atoms with Crippen molar-refractivity contribution in [2.75, 3.05) is 0 Å². The van der Waals surface area contributed by atoms with E-state index in [0.29, 0.717) is 0 Å². The van der Waals surface area contributed by atoms with E-state index in [0.717, 1.165) is 5.92 Å². The number of unbranched alkanes of at least 4 members (excludes halogenated alkanes) is 7. The minimum atomic E-state index is 0.991. The maximum atomic E-state index is 2.61. The summed E-state index contributed by atoms with van der Waals surface area (Å²) in [7, 11) is 0. The standard InChI is InChI=1S/C15H29/c1-2-3-4-5-6-7-8-9-12-15-13-10-11-14-15/h12,15H,2-11,13-14H2,1H3. The number of rotatable bonds is 9. The monoisotopic (exact) mass is 209 g/mol. The van der Waals surface area contributed by atoms with Crippen molar-refractivity contribution in [3.8, 4) is 0 Å². The molecule has 0 atom stereocenters. The Morgan fingerprint density at radius 3 is 2.13 bits per heavy atom. The molecule has 1 radical (unpaired) electrons. The highest BCUT2D eigenvalue weighted by Crippen LogP contribution is 2.28. The lowest BCUT2D eigenvalue weighted by Crippen LogP contribution is -1.93. The van der Waals surface area contributed by atoms with Crippen LogP contribution in [0.25, 0.3) is 0 Å². The zero-order chi connectivity index (χ0) is 10.8. The average molecular weight is 209 g/mol. The topological polar surface area (TPSA) is 0 Å². The van der Waals surface area contributed by atoms with Gasteiger partial charge in [-0.25, -0.2) is 0 Å². The van der Waals surface area contributed by atoms with E-state index in [1.807, 2.05) is 0 Å². The second-order valence-corrected chi connectivity index (χ2v) is 5.19. The molecule has 0 bridgehead atoms. The van der Waals surface area contributed by atoms with E-state index in [1.54, 1.807) is 0 Å². The molecular weight excluding hydrogens is 180 g/mol. The lowest BCUT2D eigenvalue weighted by Gasteiger charge is -2.07. The van der Waals surface area contributed by atoms with E-state index in [-0.39, 0.29) is 0 Å². The van der Waals surface area contributed by atoms with Gasteiger partial charge in [0.25, 0.3) is 0 Å². The van der Waals surface area contributed by atoms with E-state index in [2.05, 4.69) is 13.3 Å². The second-order valence-electron chi connectivity index (χ2n) is 5.19. The van der Waals surface area contributed by atoms with E-state index in [1.165, 1.54) is 77.0 Å². The van der Waals surface area contributed by atoms with Crippen LogP contribution in [0.3, 0.4) is 0 Å². The first kappa shape index (κ1) is 13.1. The van der Waals surface area contributed by atoms with Crippen LogP contribution in [0, 0.1) is 12.3 Å². The Bertz CT molecular complexity index is 122. The van der Waals surface area contributed by atoms with Crippen molar-refractivity contribution in [1.82, 2.24) is 0 Å². The highest BCUT2D eigenvalue weighted by atomic mass is 14.2. The second kappa shape index (κ2) is 9.24. The summed E-state index contributed by atoms with van der Waals surface area (Å²) in [5, 5.41) is 0. The minimum Gasteiger partial charge on any atom is -0.0654 e. The fraction of sp³-hybridized carbons (Fsp3) is 0.933. The van der Waals surface area contributed by atoms with Crippen LogP contribution in [0.15, 0.2) is 0 Å². The zero-order valence-corrected chi connectivity index (χ0v) is 10.6. The Kier molecular flexibility index (Phi) is 8.05. The van der Waals surface area contributed by atoms with Crippen molar-refractivity contribution >= 4 is 0 Å². The summed E-state index contributed by atoms with van der Waals surface area (Å²) in [5.74, 6) is 0.991. The smallest absolute Gasteiger partial charge is 0.0355 e. The molecular formula is C15H29. The quantitative estimate of drug-likeness (QED) is 0.438. The summed E-state index contributed by atoms with van der Waals surface area (Å²) in [6, 6.07) is 0. The molecule has 1 rings (SSSR count). The molecule has 0 unspecified atom stereocenters. The van der Waals surface area contributed by atoms with Crippen LogP contribution >= 0.6 is 0 Å². The molecule has 0 aromatic rings. The molecule has 0 aliphatic heterocycles. The summed E-state index contributed by atoms with van der Waals surface area (Å²) >= 11 is 0. The molecule has 0 nitrogen and oxygen atoms in total. The minimum absolute atomic E-state index is 0.991. The van der Waals surface area contributed by atoms with E-state index < -0.39 is 0 Å². The van der Waals surface area contributed by atoms with Crippen molar-refractivity contribution in [3.63, 3.8) is 0 Å². The van der Waals surface area contributed by atoms with Crippen LogP contribution in [-0.4, -0.2) is 0 Å². The SMILES string of the molecule is CCCCCCCCC[CH]C1CCCC1. The highest BCUT2D eigenvalue weighted by molar-refractivity contribution is 4.80. The third-order valence-electron chi connectivity index (χ3n) is 3.71. The summed E-state index contributed by atoms with van der Waals surface area (Å²) in [6.45, 7) is 2.29. The number of hydrogen-bond acceptors (Lipinski definition) is 0. The molecule has 0 aromatic heterocycles. The predicted octanol–water partition coefficient (Wildman–Crippen LogP) is 5.52. The molecule has 1 saturated carbocycles. The fourth-order valence-electron chi connectivity index (χ4n) is 2.65. The largest absolute Gasteiger partial charge is 0.0654 e. The van der Waals surface area contributed by atoms with Crippen molar-refractivity contribution in [3.05, 3.63) is 6.42 Å². The van der Waals surface area contributed by atoms with Crippen LogP contribution in [-0.2, 0) is 0 Å². The molecule has 1 fully saturated rings. The summed E-state index contributed by atoms with van der Waals surface area (Å²) < 4.78 is 0. The van der Waals surface area contributed by atoms with Gasteiger partial charge in [-0.1, -0.05) is 77.6 Å². The van der Waals surface area contributed by atoms with Crippen LogP contribution in [0.4, 0.5) is 0 Å². The summed E-state index contributed by atoms with van der Waals surface area (Å²) in [5.41, 5.74) is 0. The van der Waals surface area contributed by atoms with Gasteiger partial charge in [0.05, 0.1) is 0 Å². The molecule has 0 heterocycles. The Morgan fingerprint density at radius 2 is 1.47 bits per heavy atom. The van der Waals surface area contributed by atoms with Gasteiger partial charge in [0.15, 0.2) is 0 Å². The van der Waals surface area contributed by atoms with Crippen molar-refractivity contribution in [2.24, 2.45) is 5.92 Å². The van der Waals surface area contributed by atoms with Crippen LogP contribution < -0.4 is 0 Å². The van der Waals surface area contributed by atoms with Crippen molar-refractivity contribution in [1.29, 1.82) is 0 Å². The first-order valence-electron chi connectivity index (χ1n) is 7.27. The molecule has 89 valence electrons. The van der Waals surface area contributed by atoms with Gasteiger partial charge in [0.1, 0.15) is 0 Å². The highest BCUT2D eigenvalue weighted by Gasteiger charge is 2.13. The molecule has 1 aliphatic rings. The van der Waals surface area contributed by atoms with Gasteiger partial charge in [-0.15, -0.1) is 0 Å². The Balaban J connectivity index is 1.73. The molecule has 1 aliphatic carbocycles. The van der Waals surface area contributed by atoms with Crippen molar-refractivity contribution < 1.29 is 0 Å². The third-order valence-corrected chi connectivity index (χ3v) is 3.71. The predicted molar refractivity (Wildman–Crippen MR) is 68.9 cm³/mol. The Morgan fingerprint density at radius 1 is 0.867 bits per heavy atom. The van der Waals surface area contributed by atoms with Crippen molar-refractivity contribution in [2.45, 2.75) is 84.0 Å². The van der Waals surface area contributed by atoms with Gasteiger partial charge in [-0.3, -0.25) is 0 Å². The normalized spacial score (nSPS) is 17.4. The first-order valence-corrected chi connectivity index (χ1v) is 7.27. The van der Waals surface area contributed by atoms with Gasteiger partial charge in [0.2, 0.25) is 0 Å². The van der Waals surface area contributed by atoms with E-state index in [4.69, 9.17) is 0 Å². The molecule has 0 spiro atoms. The summed E-state index contributed by atoms with van der Waals surface area (Å²) in [6.07, 6.45) is 20.1. The first-order chi connectivity index (χ1) is 7.43. The van der Waals surface area contributed by atoms with Gasteiger partial charge >= 0.3 is 0 Å². The van der Waals surface area contributed by atoms with Crippen LogP contribution in [0.1, 0.15) is 84.0 Å². The van der Waals surface area contributed by atoms with Gasteiger partial charge in [0, 0.05) is 0 Å². The Hall–Kier alpha value is 0. The molecule has 0 amide bonds. The fourth-order valence-corrected chi connectivity index (χ4v) is 2.65.